The minimum Gasteiger partial charge on any atom is -0.597 e. The van der Waals surface area contributed by atoms with Crippen LogP contribution in [0.1, 0.15) is 43.4 Å². The number of fused-ring (bicyclic) bond motifs is 1. The first-order valence-corrected chi connectivity index (χ1v) is 8.42. The third-order valence-corrected chi connectivity index (χ3v) is 5.34. The zero-order chi connectivity index (χ0) is 20.7. The second kappa shape index (κ2) is 6.82. The van der Waals surface area contributed by atoms with Crippen LogP contribution in [-0.2, 0) is 11.4 Å². The Morgan fingerprint density at radius 2 is 1.88 bits per heavy atom. The number of rotatable bonds is 4. The van der Waals surface area contributed by atoms with E-state index in [0.29, 0.717) is 5.56 Å². The fraction of sp³-hybridized carbons (Fsp3) is 0.471. The maximum absolute atomic E-state index is 13.9. The Balaban J connectivity index is 2.71. The lowest BCUT2D eigenvalue weighted by Gasteiger charge is -2.34. The van der Waals surface area contributed by atoms with E-state index in [1.807, 2.05) is 0 Å². The van der Waals surface area contributed by atoms with Crippen molar-refractivity contribution in [1.29, 1.82) is 0 Å². The summed E-state index contributed by atoms with van der Waals surface area (Å²) in [6.07, 6.45) is 1.34. The van der Waals surface area contributed by atoms with Gasteiger partial charge >= 0.3 is 0 Å². The minimum atomic E-state index is -2.68. The average molecular weight is 359 g/mol. The highest BCUT2D eigenvalue weighted by molar-refractivity contribution is 7.90. The number of aromatic nitrogens is 1. The standard InChI is InChI=1S/C17H22F2N2O2S/c1-10(21(5)24(22)17(2,3)4)13-9-20-16(23-6)12-8-15(19)14(18)7-11(12)13/h7-10H,1-6H3/t10?,24-/m0/s1/i5D3. The summed E-state index contributed by atoms with van der Waals surface area (Å²) in [6.45, 7) is 3.85. The number of hydrogen-bond acceptors (Lipinski definition) is 4. The maximum Gasteiger partial charge on any atom is 0.221 e. The molecule has 1 heterocycles. The topological polar surface area (TPSA) is 48.4 Å². The van der Waals surface area contributed by atoms with Gasteiger partial charge in [0.15, 0.2) is 11.6 Å². The summed E-state index contributed by atoms with van der Waals surface area (Å²) in [6, 6.07) is 1.01. The Labute approximate surface area is 148 Å². The first-order valence-electron chi connectivity index (χ1n) is 8.82. The van der Waals surface area contributed by atoms with Crippen LogP contribution in [0.3, 0.4) is 0 Å². The molecule has 0 saturated carbocycles. The molecule has 4 nitrogen and oxygen atoms in total. The molecule has 1 aromatic carbocycles. The largest absolute Gasteiger partial charge is 0.597 e. The van der Waals surface area contributed by atoms with Gasteiger partial charge in [-0.15, -0.1) is 4.31 Å². The summed E-state index contributed by atoms with van der Waals surface area (Å²) in [5.74, 6) is -2.07. The van der Waals surface area contributed by atoms with Gasteiger partial charge in [-0.3, -0.25) is 0 Å². The molecule has 0 N–H and O–H groups in total. The SMILES string of the molecule is [2H]C([2H])([2H])N(C(C)c1cnc(OC)c2cc(F)c(F)cc12)[S@@+]([O-])C(C)(C)C. The molecule has 1 aromatic heterocycles. The Kier molecular flexibility index (Phi) is 4.22. The molecule has 24 heavy (non-hydrogen) atoms. The van der Waals surface area contributed by atoms with Crippen molar-refractivity contribution < 1.29 is 22.2 Å². The zero-order valence-electron chi connectivity index (χ0n) is 17.2. The molecular weight excluding hydrogens is 334 g/mol. The number of ether oxygens (including phenoxy) is 1. The lowest BCUT2D eigenvalue weighted by Crippen LogP contribution is -2.41. The third kappa shape index (κ3) is 3.48. The first kappa shape index (κ1) is 14.9. The fourth-order valence-corrected chi connectivity index (χ4v) is 3.28. The molecule has 0 amide bonds. The van der Waals surface area contributed by atoms with E-state index >= 15 is 0 Å². The van der Waals surface area contributed by atoms with E-state index in [1.165, 1.54) is 13.3 Å². The van der Waals surface area contributed by atoms with Gasteiger partial charge < -0.3 is 9.29 Å². The van der Waals surface area contributed by atoms with E-state index in [2.05, 4.69) is 4.98 Å². The zero-order valence-corrected chi connectivity index (χ0v) is 15.0. The van der Waals surface area contributed by atoms with Gasteiger partial charge in [-0.05, 0) is 45.2 Å². The van der Waals surface area contributed by atoms with E-state index < -0.39 is 40.8 Å². The number of halogens is 2. The van der Waals surface area contributed by atoms with Crippen LogP contribution >= 0.6 is 0 Å². The molecule has 7 heteroatoms. The highest BCUT2D eigenvalue weighted by atomic mass is 32.2. The molecule has 2 atom stereocenters. The molecule has 0 spiro atoms. The average Bonchev–Trinajstić information content (AvgIpc) is 2.52. The molecule has 0 bridgehead atoms. The molecular formula is C17H22F2N2O2S. The fourth-order valence-electron chi connectivity index (χ4n) is 2.29. The third-order valence-electron chi connectivity index (χ3n) is 3.62. The van der Waals surface area contributed by atoms with E-state index in [0.717, 1.165) is 16.4 Å². The molecule has 1 unspecified atom stereocenters. The van der Waals surface area contributed by atoms with Gasteiger partial charge in [-0.1, -0.05) is 0 Å². The van der Waals surface area contributed by atoms with Crippen LogP contribution in [0.5, 0.6) is 5.88 Å². The summed E-state index contributed by atoms with van der Waals surface area (Å²) in [5, 5.41) is 0.446. The van der Waals surface area contributed by atoms with Gasteiger partial charge in [0.2, 0.25) is 5.88 Å². The maximum atomic E-state index is 13.9. The summed E-state index contributed by atoms with van der Waals surface area (Å²) in [7, 11) is 1.34. The van der Waals surface area contributed by atoms with E-state index in [4.69, 9.17) is 8.85 Å². The number of hydrogen-bond donors (Lipinski definition) is 0. The minimum absolute atomic E-state index is 0.0808. The van der Waals surface area contributed by atoms with Crippen LogP contribution in [0.25, 0.3) is 10.8 Å². The Morgan fingerprint density at radius 1 is 1.29 bits per heavy atom. The molecule has 0 aliphatic rings. The molecule has 132 valence electrons. The van der Waals surface area contributed by atoms with Crippen molar-refractivity contribution >= 4 is 22.1 Å². The number of pyridine rings is 1. The molecule has 0 saturated heterocycles. The molecule has 2 aromatic rings. The van der Waals surface area contributed by atoms with Crippen LogP contribution in [0.4, 0.5) is 8.78 Å². The van der Waals surface area contributed by atoms with Gasteiger partial charge in [-0.2, -0.15) is 0 Å². The van der Waals surface area contributed by atoms with Crippen LogP contribution in [-0.4, -0.2) is 32.7 Å². The predicted octanol–water partition coefficient (Wildman–Crippen LogP) is 3.98. The summed E-state index contributed by atoms with van der Waals surface area (Å²) >= 11 is -1.89. The van der Waals surface area contributed by atoms with Crippen molar-refractivity contribution in [3.8, 4) is 5.88 Å². The van der Waals surface area contributed by atoms with E-state index in [-0.39, 0.29) is 16.7 Å². The van der Waals surface area contributed by atoms with Gasteiger partial charge in [-0.25, -0.2) is 13.8 Å². The Morgan fingerprint density at radius 3 is 2.38 bits per heavy atom. The van der Waals surface area contributed by atoms with Crippen LogP contribution in [0.15, 0.2) is 18.3 Å². The van der Waals surface area contributed by atoms with Crippen LogP contribution in [0, 0.1) is 11.6 Å². The molecule has 0 radical (unpaired) electrons. The number of benzene rings is 1. The van der Waals surface area contributed by atoms with Crippen molar-refractivity contribution in [2.45, 2.75) is 38.5 Å². The smallest absolute Gasteiger partial charge is 0.221 e. The summed E-state index contributed by atoms with van der Waals surface area (Å²) < 4.78 is 69.2. The van der Waals surface area contributed by atoms with Gasteiger partial charge in [0, 0.05) is 39.6 Å². The summed E-state index contributed by atoms with van der Waals surface area (Å²) in [5.41, 5.74) is 0.304. The van der Waals surface area contributed by atoms with Crippen molar-refractivity contribution in [2.24, 2.45) is 0 Å². The highest BCUT2D eigenvalue weighted by Gasteiger charge is 2.34. The number of methoxy groups -OCH3 is 1. The molecule has 0 fully saturated rings. The lowest BCUT2D eigenvalue weighted by molar-refractivity contribution is 0.381. The summed E-state index contributed by atoms with van der Waals surface area (Å²) in [4.78, 5) is 4.08. The lowest BCUT2D eigenvalue weighted by atomic mass is 10.0. The normalized spacial score (nSPS) is 17.3. The van der Waals surface area contributed by atoms with Crippen LogP contribution < -0.4 is 4.74 Å². The van der Waals surface area contributed by atoms with Crippen molar-refractivity contribution in [2.75, 3.05) is 14.1 Å². The van der Waals surface area contributed by atoms with Gasteiger partial charge in [0.25, 0.3) is 0 Å². The monoisotopic (exact) mass is 359 g/mol. The predicted molar refractivity (Wildman–Crippen MR) is 92.3 cm³/mol. The molecule has 0 aliphatic carbocycles. The van der Waals surface area contributed by atoms with Crippen molar-refractivity contribution in [3.05, 3.63) is 35.5 Å². The Hall–Kier alpha value is -1.44. The Bertz CT molecular complexity index is 844. The van der Waals surface area contributed by atoms with Gasteiger partial charge in [0.1, 0.15) is 4.75 Å². The van der Waals surface area contributed by atoms with Gasteiger partial charge in [0.05, 0.1) is 13.2 Å². The molecule has 0 aliphatic heterocycles. The van der Waals surface area contributed by atoms with Crippen LogP contribution in [0.2, 0.25) is 0 Å². The van der Waals surface area contributed by atoms with Crippen molar-refractivity contribution in [1.82, 2.24) is 9.29 Å². The quantitative estimate of drug-likeness (QED) is 0.775. The first-order chi connectivity index (χ1) is 12.3. The number of nitrogens with zero attached hydrogens (tertiary/aromatic N) is 2. The highest BCUT2D eigenvalue weighted by Crippen LogP contribution is 2.35. The van der Waals surface area contributed by atoms with Crippen molar-refractivity contribution in [3.63, 3.8) is 0 Å². The second-order valence-electron chi connectivity index (χ2n) is 6.40. The molecule has 2 rings (SSSR count). The van der Waals surface area contributed by atoms with E-state index in [1.54, 1.807) is 27.7 Å². The second-order valence-corrected chi connectivity index (χ2v) is 8.51. The van der Waals surface area contributed by atoms with E-state index in [9.17, 15) is 13.3 Å².